The van der Waals surface area contributed by atoms with Gasteiger partial charge in [0.25, 0.3) is 5.91 Å². The molecule has 5 heteroatoms. The Morgan fingerprint density at radius 1 is 1.17 bits per heavy atom. The second-order valence-electron chi connectivity index (χ2n) is 5.91. The number of aryl methyl sites for hydroxylation is 1. The van der Waals surface area contributed by atoms with Gasteiger partial charge in [-0.25, -0.2) is 0 Å². The van der Waals surface area contributed by atoms with Crippen LogP contribution in [-0.2, 0) is 16.1 Å². The summed E-state index contributed by atoms with van der Waals surface area (Å²) in [4.78, 5) is 25.9. The highest BCUT2D eigenvalue weighted by atomic mass is 16.5. The van der Waals surface area contributed by atoms with Crippen LogP contribution in [0.5, 0.6) is 5.75 Å². The van der Waals surface area contributed by atoms with E-state index in [0.29, 0.717) is 18.0 Å². The molecule has 5 nitrogen and oxygen atoms in total. The van der Waals surface area contributed by atoms with Gasteiger partial charge in [0, 0.05) is 13.5 Å². The fraction of sp³-hybridized carbons (Fsp3) is 0.263. The van der Waals surface area contributed by atoms with Gasteiger partial charge in [0.15, 0.2) is 6.10 Å². The van der Waals surface area contributed by atoms with Crippen LogP contribution in [0.1, 0.15) is 18.1 Å². The number of hydrogen-bond acceptors (Lipinski definition) is 3. The molecule has 1 heterocycles. The van der Waals surface area contributed by atoms with Gasteiger partial charge >= 0.3 is 0 Å². The van der Waals surface area contributed by atoms with E-state index in [1.165, 1.54) is 12.5 Å². The zero-order chi connectivity index (χ0) is 17.1. The number of fused-ring (bicyclic) bond motifs is 1. The molecule has 1 atom stereocenters. The van der Waals surface area contributed by atoms with Crippen LogP contribution >= 0.6 is 0 Å². The van der Waals surface area contributed by atoms with Gasteiger partial charge in [0.2, 0.25) is 5.91 Å². The Bertz CT molecular complexity index is 755. The monoisotopic (exact) mass is 324 g/mol. The summed E-state index contributed by atoms with van der Waals surface area (Å²) in [6, 6.07) is 15.2. The molecule has 0 unspecified atom stereocenters. The minimum Gasteiger partial charge on any atom is -0.477 e. The topological polar surface area (TPSA) is 58.6 Å². The van der Waals surface area contributed by atoms with Crippen LogP contribution in [0.2, 0.25) is 0 Å². The van der Waals surface area contributed by atoms with Crippen LogP contribution in [0.25, 0.3) is 0 Å². The van der Waals surface area contributed by atoms with Crippen molar-refractivity contribution in [3.8, 4) is 5.75 Å². The largest absolute Gasteiger partial charge is 0.477 e. The molecular formula is C19H20N2O3. The Morgan fingerprint density at radius 2 is 1.88 bits per heavy atom. The summed E-state index contributed by atoms with van der Waals surface area (Å²) in [5.41, 5.74) is 2.90. The highest BCUT2D eigenvalue weighted by molar-refractivity contribution is 5.95. The van der Waals surface area contributed by atoms with E-state index in [-0.39, 0.29) is 18.4 Å². The smallest absolute Gasteiger partial charge is 0.263 e. The van der Waals surface area contributed by atoms with E-state index in [2.05, 4.69) is 5.32 Å². The normalized spacial score (nSPS) is 16.1. The molecule has 3 rings (SSSR count). The molecule has 1 aliphatic rings. The number of rotatable bonds is 3. The van der Waals surface area contributed by atoms with Crippen molar-refractivity contribution in [2.75, 3.05) is 11.4 Å². The first-order valence-corrected chi connectivity index (χ1v) is 7.91. The molecule has 2 aromatic carbocycles. The Morgan fingerprint density at radius 3 is 2.58 bits per heavy atom. The summed E-state index contributed by atoms with van der Waals surface area (Å²) in [7, 11) is 0. The summed E-state index contributed by atoms with van der Waals surface area (Å²) in [5.74, 6) is 0.216. The Kier molecular flexibility index (Phi) is 4.51. The summed E-state index contributed by atoms with van der Waals surface area (Å²) < 4.78 is 5.78. The zero-order valence-corrected chi connectivity index (χ0v) is 13.8. The van der Waals surface area contributed by atoms with E-state index in [9.17, 15) is 9.59 Å². The fourth-order valence-electron chi connectivity index (χ4n) is 2.68. The van der Waals surface area contributed by atoms with E-state index in [0.717, 1.165) is 5.56 Å². The van der Waals surface area contributed by atoms with Gasteiger partial charge in [-0.15, -0.1) is 0 Å². The molecule has 1 aliphatic heterocycles. The van der Waals surface area contributed by atoms with E-state index < -0.39 is 6.10 Å². The Balaban J connectivity index is 1.69. The fourth-order valence-corrected chi connectivity index (χ4v) is 2.68. The van der Waals surface area contributed by atoms with Crippen molar-refractivity contribution >= 4 is 17.5 Å². The number of para-hydroxylation sites is 2. The van der Waals surface area contributed by atoms with Crippen molar-refractivity contribution in [2.45, 2.75) is 26.5 Å². The Hall–Kier alpha value is -2.82. The second-order valence-corrected chi connectivity index (χ2v) is 5.91. The third-order valence-corrected chi connectivity index (χ3v) is 4.03. The third kappa shape index (κ3) is 3.40. The third-order valence-electron chi connectivity index (χ3n) is 4.03. The van der Waals surface area contributed by atoms with Crippen molar-refractivity contribution in [3.63, 3.8) is 0 Å². The molecule has 0 aromatic heterocycles. The molecule has 0 fully saturated rings. The van der Waals surface area contributed by atoms with Gasteiger partial charge in [-0.1, -0.05) is 42.0 Å². The van der Waals surface area contributed by atoms with Gasteiger partial charge in [-0.3, -0.25) is 9.59 Å². The van der Waals surface area contributed by atoms with Gasteiger partial charge < -0.3 is 15.0 Å². The van der Waals surface area contributed by atoms with Gasteiger partial charge in [0.05, 0.1) is 12.2 Å². The van der Waals surface area contributed by atoms with Crippen molar-refractivity contribution < 1.29 is 14.3 Å². The molecular weight excluding hydrogens is 304 g/mol. The number of nitrogens with one attached hydrogen (secondary N) is 1. The predicted octanol–water partition coefficient (Wildman–Crippen LogP) is 2.43. The molecule has 1 N–H and O–H groups in total. The van der Waals surface area contributed by atoms with Crippen LogP contribution in [0.3, 0.4) is 0 Å². The molecule has 0 saturated heterocycles. The lowest BCUT2D eigenvalue weighted by Gasteiger charge is -2.33. The van der Waals surface area contributed by atoms with Crippen LogP contribution in [0.15, 0.2) is 48.5 Å². The average molecular weight is 324 g/mol. The SMILES string of the molecule is CC(=O)N1C[C@H](C(=O)NCc2ccc(C)cc2)Oc2ccccc21. The minimum atomic E-state index is -0.714. The Labute approximate surface area is 141 Å². The van der Waals surface area contributed by atoms with Crippen LogP contribution in [0, 0.1) is 6.92 Å². The summed E-state index contributed by atoms with van der Waals surface area (Å²) >= 11 is 0. The maximum Gasteiger partial charge on any atom is 0.263 e. The number of ether oxygens (including phenoxy) is 1. The number of carbonyl (C=O) groups is 2. The lowest BCUT2D eigenvalue weighted by molar-refractivity contribution is -0.128. The number of nitrogens with zero attached hydrogens (tertiary/aromatic N) is 1. The summed E-state index contributed by atoms with van der Waals surface area (Å²) in [6.45, 7) is 4.15. The van der Waals surface area contributed by atoms with E-state index >= 15 is 0 Å². The molecule has 2 aromatic rings. The lowest BCUT2D eigenvalue weighted by atomic mass is 10.1. The maximum atomic E-state index is 12.4. The second kappa shape index (κ2) is 6.74. The first-order chi connectivity index (χ1) is 11.5. The van der Waals surface area contributed by atoms with E-state index in [1.807, 2.05) is 49.4 Å². The highest BCUT2D eigenvalue weighted by Crippen LogP contribution is 2.33. The van der Waals surface area contributed by atoms with Crippen molar-refractivity contribution in [2.24, 2.45) is 0 Å². The lowest BCUT2D eigenvalue weighted by Crippen LogP contribution is -2.50. The number of carbonyl (C=O) groups excluding carboxylic acids is 2. The zero-order valence-electron chi connectivity index (χ0n) is 13.8. The number of benzene rings is 2. The van der Waals surface area contributed by atoms with Crippen molar-refractivity contribution in [3.05, 3.63) is 59.7 Å². The first-order valence-electron chi connectivity index (χ1n) is 7.91. The molecule has 24 heavy (non-hydrogen) atoms. The van der Waals surface area contributed by atoms with Crippen LogP contribution in [0.4, 0.5) is 5.69 Å². The van der Waals surface area contributed by atoms with Crippen LogP contribution < -0.4 is 15.0 Å². The van der Waals surface area contributed by atoms with Gasteiger partial charge in [-0.2, -0.15) is 0 Å². The highest BCUT2D eigenvalue weighted by Gasteiger charge is 2.32. The standard InChI is InChI=1S/C19H20N2O3/c1-13-7-9-15(10-8-13)11-20-19(23)18-12-21(14(2)22)16-5-3-4-6-17(16)24-18/h3-10,18H,11-12H2,1-2H3,(H,20,23)/t18-/m1/s1. The maximum absolute atomic E-state index is 12.4. The molecule has 0 aliphatic carbocycles. The quantitative estimate of drug-likeness (QED) is 0.943. The first kappa shape index (κ1) is 16.1. The van der Waals surface area contributed by atoms with E-state index in [4.69, 9.17) is 4.74 Å². The van der Waals surface area contributed by atoms with Gasteiger partial charge in [0.1, 0.15) is 5.75 Å². The number of hydrogen-bond donors (Lipinski definition) is 1. The summed E-state index contributed by atoms with van der Waals surface area (Å²) in [5, 5.41) is 2.88. The predicted molar refractivity (Wildman–Crippen MR) is 91.9 cm³/mol. The van der Waals surface area contributed by atoms with Crippen LogP contribution in [-0.4, -0.2) is 24.5 Å². The molecule has 0 bridgehead atoms. The van der Waals surface area contributed by atoms with E-state index in [1.54, 1.807) is 11.0 Å². The molecule has 2 amide bonds. The summed E-state index contributed by atoms with van der Waals surface area (Å²) in [6.07, 6.45) is -0.714. The molecule has 0 radical (unpaired) electrons. The number of anilines is 1. The average Bonchev–Trinajstić information content (AvgIpc) is 2.59. The molecule has 0 saturated carbocycles. The van der Waals surface area contributed by atoms with Crippen molar-refractivity contribution in [1.82, 2.24) is 5.32 Å². The van der Waals surface area contributed by atoms with Gasteiger partial charge in [-0.05, 0) is 24.6 Å². The molecule has 124 valence electrons. The minimum absolute atomic E-state index is 0.109. The van der Waals surface area contributed by atoms with Crippen molar-refractivity contribution in [1.29, 1.82) is 0 Å². The molecule has 0 spiro atoms. The number of amides is 2.